The van der Waals surface area contributed by atoms with Gasteiger partial charge in [-0.15, -0.1) is 0 Å². The minimum atomic E-state index is -1.39. The molecule has 0 heterocycles. The first kappa shape index (κ1) is 15.2. The summed E-state index contributed by atoms with van der Waals surface area (Å²) in [5.74, 6) is -2.78. The Balaban J connectivity index is 2.83. The number of amides is 1. The number of methoxy groups -OCH3 is 1. The van der Waals surface area contributed by atoms with Crippen molar-refractivity contribution in [3.63, 3.8) is 0 Å². The van der Waals surface area contributed by atoms with Gasteiger partial charge in [0.05, 0.1) is 25.2 Å². The lowest BCUT2D eigenvalue weighted by atomic mass is 10.1. The number of nitrogens with zero attached hydrogens (tertiary/aromatic N) is 1. The molecule has 0 unspecified atom stereocenters. The van der Waals surface area contributed by atoms with Crippen molar-refractivity contribution in [2.45, 2.75) is 12.5 Å². The number of nitriles is 1. The van der Waals surface area contributed by atoms with Crippen LogP contribution >= 0.6 is 0 Å². The molecule has 104 valence electrons. The second-order valence-corrected chi connectivity index (χ2v) is 3.84. The smallest absolute Gasteiger partial charge is 0.326 e. The number of nitrogens with one attached hydrogen (secondary N) is 1. The molecule has 1 aromatic carbocycles. The maximum atomic E-state index is 11.9. The zero-order valence-corrected chi connectivity index (χ0v) is 10.6. The van der Waals surface area contributed by atoms with Gasteiger partial charge in [-0.05, 0) is 18.2 Å². The normalized spacial score (nSPS) is 11.0. The van der Waals surface area contributed by atoms with Gasteiger partial charge in [0.25, 0.3) is 5.91 Å². The molecule has 0 spiro atoms. The second-order valence-electron chi connectivity index (χ2n) is 3.84. The quantitative estimate of drug-likeness (QED) is 0.747. The molecule has 0 aromatic heterocycles. The van der Waals surface area contributed by atoms with Gasteiger partial charge >= 0.3 is 11.9 Å². The minimum absolute atomic E-state index is 0.139. The van der Waals surface area contributed by atoms with E-state index in [1.807, 2.05) is 6.07 Å². The zero-order valence-electron chi connectivity index (χ0n) is 10.6. The van der Waals surface area contributed by atoms with Gasteiger partial charge in [-0.2, -0.15) is 5.26 Å². The fourth-order valence-corrected chi connectivity index (χ4v) is 1.42. The lowest BCUT2D eigenvalue weighted by Gasteiger charge is -2.13. The van der Waals surface area contributed by atoms with Gasteiger partial charge in [0.1, 0.15) is 6.04 Å². The van der Waals surface area contributed by atoms with E-state index in [2.05, 4.69) is 10.1 Å². The number of hydrogen-bond acceptors (Lipinski definition) is 5. The Bertz CT molecular complexity index is 576. The van der Waals surface area contributed by atoms with Crippen LogP contribution in [0, 0.1) is 11.3 Å². The van der Waals surface area contributed by atoms with E-state index in [1.54, 1.807) is 0 Å². The van der Waals surface area contributed by atoms with Crippen LogP contribution < -0.4 is 5.32 Å². The van der Waals surface area contributed by atoms with E-state index in [0.717, 1.165) is 7.11 Å². The van der Waals surface area contributed by atoms with Crippen molar-refractivity contribution in [2.24, 2.45) is 0 Å². The fourth-order valence-electron chi connectivity index (χ4n) is 1.42. The summed E-state index contributed by atoms with van der Waals surface area (Å²) in [5.41, 5.74) is 0.414. The van der Waals surface area contributed by atoms with E-state index < -0.39 is 30.3 Å². The summed E-state index contributed by atoms with van der Waals surface area (Å²) in [4.78, 5) is 33.9. The van der Waals surface area contributed by atoms with Gasteiger partial charge < -0.3 is 15.2 Å². The monoisotopic (exact) mass is 276 g/mol. The molecule has 1 amide bonds. The summed E-state index contributed by atoms with van der Waals surface area (Å²) < 4.78 is 4.36. The molecule has 7 heteroatoms. The summed E-state index contributed by atoms with van der Waals surface area (Å²) in [6.45, 7) is 0. The van der Waals surface area contributed by atoms with Gasteiger partial charge in [-0.1, -0.05) is 6.07 Å². The lowest BCUT2D eigenvalue weighted by Crippen LogP contribution is -2.42. The first-order valence-corrected chi connectivity index (χ1v) is 5.58. The number of ether oxygens (including phenoxy) is 1. The Kier molecular flexibility index (Phi) is 5.23. The minimum Gasteiger partial charge on any atom is -0.480 e. The standard InChI is InChI=1S/C13H12N2O5/c1-20-11(16)6-10(13(18)19)15-12(17)9-4-2-3-8(5-9)7-14/h2-5,10H,6H2,1H3,(H,15,17)(H,18,19)/t10-/m0/s1. The van der Waals surface area contributed by atoms with Crippen molar-refractivity contribution in [2.75, 3.05) is 7.11 Å². The van der Waals surface area contributed by atoms with E-state index in [0.29, 0.717) is 0 Å². The summed E-state index contributed by atoms with van der Waals surface area (Å²) in [7, 11) is 1.12. The average Bonchev–Trinajstić information content (AvgIpc) is 2.46. The van der Waals surface area contributed by atoms with Gasteiger partial charge in [0.15, 0.2) is 0 Å². The Morgan fingerprint density at radius 3 is 2.70 bits per heavy atom. The molecule has 0 saturated heterocycles. The number of esters is 1. The molecule has 0 aliphatic heterocycles. The number of carboxylic acid groups (broad SMARTS) is 1. The predicted octanol–water partition coefficient (Wildman–Crippen LogP) is 0.304. The Morgan fingerprint density at radius 1 is 1.45 bits per heavy atom. The van der Waals surface area contributed by atoms with Crippen LogP contribution in [-0.4, -0.2) is 36.1 Å². The van der Waals surface area contributed by atoms with E-state index in [1.165, 1.54) is 24.3 Å². The van der Waals surface area contributed by atoms with Crippen molar-refractivity contribution in [3.8, 4) is 6.07 Å². The number of carbonyl (C=O) groups is 3. The average molecular weight is 276 g/mol. The summed E-state index contributed by atoms with van der Waals surface area (Å²) in [6.07, 6.45) is -0.477. The summed E-state index contributed by atoms with van der Waals surface area (Å²) >= 11 is 0. The Hall–Kier alpha value is -2.88. The van der Waals surface area contributed by atoms with Crippen molar-refractivity contribution < 1.29 is 24.2 Å². The number of carboxylic acids is 1. The van der Waals surface area contributed by atoms with E-state index in [-0.39, 0.29) is 11.1 Å². The maximum absolute atomic E-state index is 11.9. The summed E-state index contributed by atoms with van der Waals surface area (Å²) in [5, 5.41) is 19.9. The highest BCUT2D eigenvalue weighted by atomic mass is 16.5. The highest BCUT2D eigenvalue weighted by Crippen LogP contribution is 2.05. The SMILES string of the molecule is COC(=O)C[C@H](NC(=O)c1cccc(C#N)c1)C(=O)O. The molecule has 20 heavy (non-hydrogen) atoms. The number of rotatable bonds is 5. The van der Waals surface area contributed by atoms with E-state index in [9.17, 15) is 14.4 Å². The van der Waals surface area contributed by atoms with Crippen LogP contribution in [0.15, 0.2) is 24.3 Å². The molecule has 1 aromatic rings. The zero-order chi connectivity index (χ0) is 15.1. The molecule has 1 rings (SSSR count). The number of hydrogen-bond donors (Lipinski definition) is 2. The van der Waals surface area contributed by atoms with Crippen LogP contribution in [-0.2, 0) is 14.3 Å². The topological polar surface area (TPSA) is 116 Å². The lowest BCUT2D eigenvalue weighted by molar-refractivity contribution is -0.147. The molecule has 0 aliphatic carbocycles. The van der Waals surface area contributed by atoms with Crippen molar-refractivity contribution in [3.05, 3.63) is 35.4 Å². The second kappa shape index (κ2) is 6.89. The van der Waals surface area contributed by atoms with Crippen molar-refractivity contribution in [1.29, 1.82) is 5.26 Å². The molecule has 1 atom stereocenters. The highest BCUT2D eigenvalue weighted by molar-refractivity contribution is 5.97. The van der Waals surface area contributed by atoms with Crippen LogP contribution in [0.3, 0.4) is 0 Å². The third kappa shape index (κ3) is 4.10. The van der Waals surface area contributed by atoms with Crippen LogP contribution in [0.4, 0.5) is 0 Å². The van der Waals surface area contributed by atoms with Gasteiger partial charge in [0.2, 0.25) is 0 Å². The first-order valence-electron chi connectivity index (χ1n) is 5.58. The first-order chi connectivity index (χ1) is 9.47. The molecule has 0 radical (unpaired) electrons. The predicted molar refractivity (Wildman–Crippen MR) is 66.7 cm³/mol. The molecule has 0 fully saturated rings. The highest BCUT2D eigenvalue weighted by Gasteiger charge is 2.24. The number of aliphatic carboxylic acids is 1. The van der Waals surface area contributed by atoms with E-state index >= 15 is 0 Å². The number of carbonyl (C=O) groups excluding carboxylic acids is 2. The Morgan fingerprint density at radius 2 is 2.15 bits per heavy atom. The van der Waals surface area contributed by atoms with Crippen LogP contribution in [0.5, 0.6) is 0 Å². The Labute approximate surface area is 114 Å². The van der Waals surface area contributed by atoms with Crippen LogP contribution in [0.1, 0.15) is 22.3 Å². The molecule has 0 saturated carbocycles. The van der Waals surface area contributed by atoms with Gasteiger partial charge in [0, 0.05) is 5.56 Å². The molecule has 7 nitrogen and oxygen atoms in total. The van der Waals surface area contributed by atoms with Gasteiger partial charge in [-0.3, -0.25) is 9.59 Å². The molecule has 2 N–H and O–H groups in total. The number of benzene rings is 1. The third-order valence-electron chi connectivity index (χ3n) is 2.46. The molecule has 0 aliphatic rings. The van der Waals surface area contributed by atoms with Crippen molar-refractivity contribution >= 4 is 17.8 Å². The summed E-state index contributed by atoms with van der Waals surface area (Å²) in [6, 6.07) is 6.26. The fraction of sp³-hybridized carbons (Fsp3) is 0.231. The maximum Gasteiger partial charge on any atom is 0.326 e. The molecule has 0 bridgehead atoms. The molecular weight excluding hydrogens is 264 g/mol. The molecular formula is C13H12N2O5. The van der Waals surface area contributed by atoms with Crippen LogP contribution in [0.2, 0.25) is 0 Å². The third-order valence-corrected chi connectivity index (χ3v) is 2.46. The van der Waals surface area contributed by atoms with Gasteiger partial charge in [-0.25, -0.2) is 4.79 Å². The van der Waals surface area contributed by atoms with Crippen LogP contribution in [0.25, 0.3) is 0 Å². The largest absolute Gasteiger partial charge is 0.480 e. The van der Waals surface area contributed by atoms with Crippen molar-refractivity contribution in [1.82, 2.24) is 5.32 Å². The van der Waals surface area contributed by atoms with E-state index in [4.69, 9.17) is 10.4 Å².